The van der Waals surface area contributed by atoms with Gasteiger partial charge in [0.2, 0.25) is 0 Å². The molecule has 0 spiro atoms. The average Bonchev–Trinajstić information content (AvgIpc) is 2.41. The molecule has 2 rings (SSSR count). The molecule has 1 N–H and O–H groups in total. The molecule has 0 radical (unpaired) electrons. The van der Waals surface area contributed by atoms with E-state index in [-0.39, 0.29) is 23.9 Å². The fourth-order valence-electron chi connectivity index (χ4n) is 3.13. The summed E-state index contributed by atoms with van der Waals surface area (Å²) in [5.41, 5.74) is 1.12. The van der Waals surface area contributed by atoms with E-state index < -0.39 is 6.10 Å². The summed E-state index contributed by atoms with van der Waals surface area (Å²) in [6, 6.07) is 0. The summed E-state index contributed by atoms with van der Waals surface area (Å²) in [6.45, 7) is 8.27. The maximum absolute atomic E-state index is 12.1. The van der Waals surface area contributed by atoms with Crippen molar-refractivity contribution >= 4 is 5.97 Å². The number of aliphatic hydroxyl groups excluding tert-OH is 1. The molecule has 3 heteroatoms. The van der Waals surface area contributed by atoms with Crippen LogP contribution in [-0.2, 0) is 9.53 Å². The third kappa shape index (κ3) is 2.98. The highest BCUT2D eigenvalue weighted by Gasteiger charge is 2.40. The van der Waals surface area contributed by atoms with Gasteiger partial charge >= 0.3 is 5.97 Å². The number of carbonyl (C=O) groups excluding carboxylic acids is 1. The van der Waals surface area contributed by atoms with Gasteiger partial charge in [-0.1, -0.05) is 45.9 Å². The van der Waals surface area contributed by atoms with Gasteiger partial charge in [-0.05, 0) is 23.8 Å². The molecule has 2 aliphatic rings. The summed E-state index contributed by atoms with van der Waals surface area (Å²) in [5.74, 6) is 0.894. The van der Waals surface area contributed by atoms with Crippen molar-refractivity contribution in [2.75, 3.05) is 0 Å². The van der Waals surface area contributed by atoms with Crippen molar-refractivity contribution in [1.29, 1.82) is 0 Å². The van der Waals surface area contributed by atoms with Crippen LogP contribution in [-0.4, -0.2) is 23.3 Å². The minimum absolute atomic E-state index is 0.0756. The third-order valence-corrected chi connectivity index (χ3v) is 4.91. The molecule has 0 amide bonds. The van der Waals surface area contributed by atoms with Crippen LogP contribution >= 0.6 is 0 Å². The van der Waals surface area contributed by atoms with Crippen LogP contribution in [0, 0.1) is 23.7 Å². The molecule has 112 valence electrons. The predicted octanol–water partition coefficient (Wildman–Crippen LogP) is 3.09. The number of hydrogen-bond acceptors (Lipinski definition) is 3. The van der Waals surface area contributed by atoms with Crippen LogP contribution in [0.3, 0.4) is 0 Å². The Labute approximate surface area is 121 Å². The van der Waals surface area contributed by atoms with Gasteiger partial charge in [-0.2, -0.15) is 0 Å². The first kappa shape index (κ1) is 15.3. The summed E-state index contributed by atoms with van der Waals surface area (Å²) < 4.78 is 5.73. The second-order valence-electron chi connectivity index (χ2n) is 6.36. The first-order chi connectivity index (χ1) is 9.43. The third-order valence-electron chi connectivity index (χ3n) is 4.91. The molecule has 0 aromatic rings. The number of esters is 1. The molecule has 0 aromatic heterocycles. The molecule has 3 nitrogen and oxygen atoms in total. The molecule has 0 bridgehead atoms. The van der Waals surface area contributed by atoms with Gasteiger partial charge in [-0.15, -0.1) is 0 Å². The minimum atomic E-state index is -0.513. The van der Waals surface area contributed by atoms with Crippen LogP contribution in [0.1, 0.15) is 40.5 Å². The van der Waals surface area contributed by atoms with Gasteiger partial charge in [-0.3, -0.25) is 4.79 Å². The minimum Gasteiger partial charge on any atom is -0.461 e. The molecule has 0 saturated carbocycles. The van der Waals surface area contributed by atoms with Gasteiger partial charge in [0.05, 0.1) is 12.0 Å². The number of hydrogen-bond donors (Lipinski definition) is 1. The lowest BCUT2D eigenvalue weighted by Crippen LogP contribution is -2.41. The van der Waals surface area contributed by atoms with Crippen LogP contribution in [0.4, 0.5) is 0 Å². The Kier molecular flexibility index (Phi) is 4.69. The van der Waals surface area contributed by atoms with E-state index in [9.17, 15) is 9.90 Å². The zero-order valence-electron chi connectivity index (χ0n) is 12.9. The number of allylic oxidation sites excluding steroid dienone is 2. The molecule has 0 aliphatic heterocycles. The number of fused-ring (bicyclic) bond motifs is 1. The normalized spacial score (nSPS) is 37.9. The Morgan fingerprint density at radius 2 is 2.20 bits per heavy atom. The van der Waals surface area contributed by atoms with E-state index >= 15 is 0 Å². The molecular weight excluding hydrogens is 252 g/mol. The Morgan fingerprint density at radius 1 is 1.50 bits per heavy atom. The fraction of sp³-hybridized carbons (Fsp3) is 0.706. The topological polar surface area (TPSA) is 46.5 Å². The molecule has 5 unspecified atom stereocenters. The van der Waals surface area contributed by atoms with E-state index in [2.05, 4.69) is 26.0 Å². The highest BCUT2D eigenvalue weighted by Crippen LogP contribution is 2.41. The SMILES string of the molecule is CCC(C)C(=O)O[C@H]1CC(O)C=C2C=CC(C)C(C)C21. The van der Waals surface area contributed by atoms with Crippen LogP contribution in [0.15, 0.2) is 23.8 Å². The molecular formula is C17H26O3. The number of carbonyl (C=O) groups is 1. The van der Waals surface area contributed by atoms with Gasteiger partial charge in [0.15, 0.2) is 0 Å². The van der Waals surface area contributed by atoms with Crippen LogP contribution in [0.2, 0.25) is 0 Å². The van der Waals surface area contributed by atoms with Gasteiger partial charge < -0.3 is 9.84 Å². The number of aliphatic hydroxyl groups is 1. The highest BCUT2D eigenvalue weighted by molar-refractivity contribution is 5.72. The Balaban J connectivity index is 2.19. The fourth-order valence-corrected chi connectivity index (χ4v) is 3.13. The van der Waals surface area contributed by atoms with Crippen molar-refractivity contribution in [3.63, 3.8) is 0 Å². The zero-order chi connectivity index (χ0) is 14.9. The van der Waals surface area contributed by atoms with Crippen molar-refractivity contribution in [3.8, 4) is 0 Å². The van der Waals surface area contributed by atoms with Crippen molar-refractivity contribution in [3.05, 3.63) is 23.8 Å². The lowest BCUT2D eigenvalue weighted by molar-refractivity contribution is -0.158. The van der Waals surface area contributed by atoms with Crippen molar-refractivity contribution in [2.24, 2.45) is 23.7 Å². The van der Waals surface area contributed by atoms with Crippen molar-refractivity contribution in [1.82, 2.24) is 0 Å². The summed E-state index contributed by atoms with van der Waals surface area (Å²) in [6.07, 6.45) is 6.77. The second-order valence-corrected chi connectivity index (χ2v) is 6.36. The Hall–Kier alpha value is -1.09. The van der Waals surface area contributed by atoms with Crippen LogP contribution < -0.4 is 0 Å². The maximum atomic E-state index is 12.1. The van der Waals surface area contributed by atoms with E-state index in [0.29, 0.717) is 18.3 Å². The van der Waals surface area contributed by atoms with Crippen LogP contribution in [0.5, 0.6) is 0 Å². The molecule has 0 saturated heterocycles. The first-order valence-electron chi connectivity index (χ1n) is 7.72. The lowest BCUT2D eigenvalue weighted by atomic mass is 9.69. The monoisotopic (exact) mass is 278 g/mol. The molecule has 0 aromatic carbocycles. The largest absolute Gasteiger partial charge is 0.461 e. The summed E-state index contributed by atoms with van der Waals surface area (Å²) in [5, 5.41) is 9.98. The Morgan fingerprint density at radius 3 is 2.85 bits per heavy atom. The zero-order valence-corrected chi connectivity index (χ0v) is 12.9. The Bertz CT molecular complexity index is 424. The quantitative estimate of drug-likeness (QED) is 0.807. The van der Waals surface area contributed by atoms with E-state index in [4.69, 9.17) is 4.74 Å². The van der Waals surface area contributed by atoms with E-state index in [1.54, 1.807) is 0 Å². The van der Waals surface area contributed by atoms with Gasteiger partial charge in [0, 0.05) is 12.3 Å². The number of rotatable bonds is 3. The molecule has 6 atom stereocenters. The first-order valence-corrected chi connectivity index (χ1v) is 7.72. The summed E-state index contributed by atoms with van der Waals surface area (Å²) in [4.78, 5) is 12.1. The second kappa shape index (κ2) is 6.13. The predicted molar refractivity (Wildman–Crippen MR) is 79.0 cm³/mol. The van der Waals surface area contributed by atoms with Gasteiger partial charge in [0.1, 0.15) is 6.10 Å². The molecule has 20 heavy (non-hydrogen) atoms. The maximum Gasteiger partial charge on any atom is 0.308 e. The highest BCUT2D eigenvalue weighted by atomic mass is 16.5. The van der Waals surface area contributed by atoms with Crippen molar-refractivity contribution < 1.29 is 14.6 Å². The van der Waals surface area contributed by atoms with E-state index in [1.807, 2.05) is 19.9 Å². The standard InChI is InChI=1S/C17H26O3/c1-5-10(2)17(19)20-15-9-14(18)8-13-7-6-11(3)12(4)16(13)15/h6-8,10-12,14-16,18H,5,9H2,1-4H3/t10?,11?,12?,14?,15-,16?/m0/s1. The lowest BCUT2D eigenvalue weighted by Gasteiger charge is -2.41. The summed E-state index contributed by atoms with van der Waals surface area (Å²) in [7, 11) is 0. The van der Waals surface area contributed by atoms with E-state index in [0.717, 1.165) is 12.0 Å². The molecule has 2 aliphatic carbocycles. The van der Waals surface area contributed by atoms with Gasteiger partial charge in [0.25, 0.3) is 0 Å². The van der Waals surface area contributed by atoms with Crippen LogP contribution in [0.25, 0.3) is 0 Å². The van der Waals surface area contributed by atoms with E-state index in [1.165, 1.54) is 0 Å². The molecule has 0 fully saturated rings. The van der Waals surface area contributed by atoms with Gasteiger partial charge in [-0.25, -0.2) is 0 Å². The molecule has 0 heterocycles. The smallest absolute Gasteiger partial charge is 0.308 e. The van der Waals surface area contributed by atoms with Crippen molar-refractivity contribution in [2.45, 2.75) is 52.7 Å². The average molecular weight is 278 g/mol. The summed E-state index contributed by atoms with van der Waals surface area (Å²) >= 11 is 0. The number of ether oxygens (including phenoxy) is 1.